The highest BCUT2D eigenvalue weighted by Gasteiger charge is 2.09. The second-order valence-corrected chi connectivity index (χ2v) is 7.10. The summed E-state index contributed by atoms with van der Waals surface area (Å²) in [5.74, 6) is 0.467. The number of aromatic amines is 1. The molecule has 2 aromatic heterocycles. The first-order chi connectivity index (χ1) is 14.7. The van der Waals surface area contributed by atoms with Gasteiger partial charge in [0.25, 0.3) is 0 Å². The Balaban J connectivity index is 1.40. The summed E-state index contributed by atoms with van der Waals surface area (Å²) in [6, 6.07) is 23.0. The fourth-order valence-electron chi connectivity index (χ4n) is 3.36. The highest BCUT2D eigenvalue weighted by atomic mass is 19.1. The molecule has 0 saturated carbocycles. The maximum absolute atomic E-state index is 13.8. The second-order valence-electron chi connectivity index (χ2n) is 7.10. The quantitative estimate of drug-likeness (QED) is 0.399. The van der Waals surface area contributed by atoms with Crippen molar-refractivity contribution in [3.8, 4) is 22.6 Å². The molecule has 0 unspecified atom stereocenters. The van der Waals surface area contributed by atoms with Gasteiger partial charge in [0, 0.05) is 28.7 Å². The fourth-order valence-corrected chi connectivity index (χ4v) is 3.36. The normalized spacial score (nSPS) is 11.0. The van der Waals surface area contributed by atoms with Gasteiger partial charge >= 0.3 is 0 Å². The molecule has 30 heavy (non-hydrogen) atoms. The predicted molar refractivity (Wildman–Crippen MR) is 117 cm³/mol. The lowest BCUT2D eigenvalue weighted by atomic mass is 10.1. The summed E-state index contributed by atoms with van der Waals surface area (Å²) in [5, 5.41) is 11.5. The SMILES string of the molecule is Cc1cc2nc(-c3cccc(Nc4ccc(-c5cccnn5)cc4)c3)[nH]c2cc1F. The summed E-state index contributed by atoms with van der Waals surface area (Å²) in [5.41, 5.74) is 6.68. The summed E-state index contributed by atoms with van der Waals surface area (Å²) >= 11 is 0. The highest BCUT2D eigenvalue weighted by Crippen LogP contribution is 2.27. The Kier molecular flexibility index (Phi) is 4.44. The lowest BCUT2D eigenvalue weighted by molar-refractivity contribution is 0.620. The van der Waals surface area contributed by atoms with Crippen molar-refractivity contribution in [2.75, 3.05) is 5.32 Å². The van der Waals surface area contributed by atoms with Gasteiger partial charge in [-0.15, -0.1) is 0 Å². The van der Waals surface area contributed by atoms with Crippen molar-refractivity contribution in [3.63, 3.8) is 0 Å². The first-order valence-corrected chi connectivity index (χ1v) is 9.57. The lowest BCUT2D eigenvalue weighted by Crippen LogP contribution is -1.92. The van der Waals surface area contributed by atoms with Crippen LogP contribution in [0.1, 0.15) is 5.56 Å². The average Bonchev–Trinajstić information content (AvgIpc) is 3.18. The van der Waals surface area contributed by atoms with Gasteiger partial charge in [0.05, 0.1) is 16.7 Å². The fraction of sp³-hybridized carbons (Fsp3) is 0.0417. The number of benzene rings is 3. The monoisotopic (exact) mass is 395 g/mol. The smallest absolute Gasteiger partial charge is 0.138 e. The Labute approximate surface area is 172 Å². The molecule has 0 aliphatic rings. The van der Waals surface area contributed by atoms with Crippen LogP contribution < -0.4 is 5.32 Å². The minimum atomic E-state index is -0.238. The first-order valence-electron chi connectivity index (χ1n) is 9.57. The number of hydrogen-bond donors (Lipinski definition) is 2. The van der Waals surface area contributed by atoms with E-state index in [-0.39, 0.29) is 5.82 Å². The molecule has 146 valence electrons. The molecule has 0 bridgehead atoms. The Hall–Kier alpha value is -4.06. The van der Waals surface area contributed by atoms with Crippen LogP contribution in [0.3, 0.4) is 0 Å². The number of anilines is 2. The Morgan fingerprint density at radius 2 is 1.73 bits per heavy atom. The zero-order valence-corrected chi connectivity index (χ0v) is 16.2. The van der Waals surface area contributed by atoms with E-state index in [2.05, 4.69) is 25.5 Å². The molecule has 5 rings (SSSR count). The number of halogens is 1. The van der Waals surface area contributed by atoms with Gasteiger partial charge in [0.2, 0.25) is 0 Å². The van der Waals surface area contributed by atoms with Gasteiger partial charge in [-0.05, 0) is 61.0 Å². The second kappa shape index (κ2) is 7.40. The summed E-state index contributed by atoms with van der Waals surface area (Å²) in [4.78, 5) is 7.82. The van der Waals surface area contributed by atoms with Crippen molar-refractivity contribution < 1.29 is 4.39 Å². The summed E-state index contributed by atoms with van der Waals surface area (Å²) < 4.78 is 13.8. The summed E-state index contributed by atoms with van der Waals surface area (Å²) in [6.07, 6.45) is 1.66. The van der Waals surface area contributed by atoms with Crippen molar-refractivity contribution in [1.29, 1.82) is 0 Å². The molecule has 0 aliphatic carbocycles. The third kappa shape index (κ3) is 3.51. The zero-order valence-electron chi connectivity index (χ0n) is 16.2. The van der Waals surface area contributed by atoms with Crippen LogP contribution in [0.5, 0.6) is 0 Å². The first kappa shape index (κ1) is 18.0. The van der Waals surface area contributed by atoms with E-state index in [1.165, 1.54) is 6.07 Å². The largest absolute Gasteiger partial charge is 0.356 e. The topological polar surface area (TPSA) is 66.5 Å². The van der Waals surface area contributed by atoms with E-state index >= 15 is 0 Å². The standard InChI is InChI=1S/C24H18FN5/c1-15-12-22-23(14-20(15)25)29-24(28-22)17-4-2-5-19(13-17)27-18-9-7-16(8-10-18)21-6-3-11-26-30-21/h2-14,27H,1H3,(H,28,29). The van der Waals surface area contributed by atoms with Crippen molar-refractivity contribution in [1.82, 2.24) is 20.2 Å². The predicted octanol–water partition coefficient (Wildman–Crippen LogP) is 5.88. The van der Waals surface area contributed by atoms with E-state index < -0.39 is 0 Å². The number of aromatic nitrogens is 4. The summed E-state index contributed by atoms with van der Waals surface area (Å²) in [7, 11) is 0. The van der Waals surface area contributed by atoms with E-state index in [1.807, 2.05) is 60.7 Å². The van der Waals surface area contributed by atoms with Crippen molar-refractivity contribution in [3.05, 3.63) is 90.4 Å². The highest BCUT2D eigenvalue weighted by molar-refractivity contribution is 5.81. The van der Waals surface area contributed by atoms with Crippen LogP contribution in [0.25, 0.3) is 33.7 Å². The minimum absolute atomic E-state index is 0.238. The lowest BCUT2D eigenvalue weighted by Gasteiger charge is -2.08. The summed E-state index contributed by atoms with van der Waals surface area (Å²) in [6.45, 7) is 1.74. The van der Waals surface area contributed by atoms with Crippen LogP contribution >= 0.6 is 0 Å². The molecule has 3 aromatic carbocycles. The molecule has 0 amide bonds. The molecule has 0 atom stereocenters. The molecule has 0 fully saturated rings. The molecular formula is C24H18FN5. The minimum Gasteiger partial charge on any atom is -0.356 e. The Bertz CT molecular complexity index is 1290. The van der Waals surface area contributed by atoms with Crippen LogP contribution in [-0.2, 0) is 0 Å². The molecule has 5 aromatic rings. The Morgan fingerprint density at radius 1 is 0.867 bits per heavy atom. The molecule has 0 radical (unpaired) electrons. The Morgan fingerprint density at radius 3 is 2.53 bits per heavy atom. The molecule has 0 aliphatic heterocycles. The maximum Gasteiger partial charge on any atom is 0.138 e. The van der Waals surface area contributed by atoms with Gasteiger partial charge in [0.15, 0.2) is 0 Å². The maximum atomic E-state index is 13.8. The van der Waals surface area contributed by atoms with Crippen LogP contribution in [0.2, 0.25) is 0 Å². The molecule has 2 heterocycles. The van der Waals surface area contributed by atoms with Gasteiger partial charge in [-0.25, -0.2) is 9.37 Å². The van der Waals surface area contributed by atoms with E-state index in [4.69, 9.17) is 0 Å². The molecule has 0 spiro atoms. The van der Waals surface area contributed by atoms with Gasteiger partial charge in [-0.1, -0.05) is 24.3 Å². The van der Waals surface area contributed by atoms with E-state index in [0.717, 1.165) is 33.7 Å². The van der Waals surface area contributed by atoms with E-state index in [9.17, 15) is 4.39 Å². The number of aryl methyl sites for hydroxylation is 1. The average molecular weight is 395 g/mol. The molecule has 6 heteroatoms. The third-order valence-electron chi connectivity index (χ3n) is 4.94. The molecule has 2 N–H and O–H groups in total. The van der Waals surface area contributed by atoms with Crippen molar-refractivity contribution in [2.45, 2.75) is 6.92 Å². The number of hydrogen-bond acceptors (Lipinski definition) is 4. The van der Waals surface area contributed by atoms with Gasteiger partial charge in [-0.3, -0.25) is 0 Å². The molecule has 5 nitrogen and oxygen atoms in total. The van der Waals surface area contributed by atoms with Crippen molar-refractivity contribution >= 4 is 22.4 Å². The number of imidazole rings is 1. The molecular weight excluding hydrogens is 377 g/mol. The molecule has 0 saturated heterocycles. The van der Waals surface area contributed by atoms with Crippen LogP contribution in [-0.4, -0.2) is 20.2 Å². The van der Waals surface area contributed by atoms with Crippen LogP contribution in [0.4, 0.5) is 15.8 Å². The zero-order chi connectivity index (χ0) is 20.5. The third-order valence-corrected chi connectivity index (χ3v) is 4.94. The van der Waals surface area contributed by atoms with E-state index in [0.29, 0.717) is 16.9 Å². The number of H-pyrrole nitrogens is 1. The van der Waals surface area contributed by atoms with Gasteiger partial charge < -0.3 is 10.3 Å². The number of nitrogens with zero attached hydrogens (tertiary/aromatic N) is 3. The van der Waals surface area contributed by atoms with E-state index in [1.54, 1.807) is 19.2 Å². The van der Waals surface area contributed by atoms with Gasteiger partial charge in [0.1, 0.15) is 11.6 Å². The van der Waals surface area contributed by atoms with Crippen LogP contribution in [0.15, 0.2) is 79.0 Å². The van der Waals surface area contributed by atoms with Gasteiger partial charge in [-0.2, -0.15) is 10.2 Å². The number of rotatable bonds is 4. The number of nitrogens with one attached hydrogen (secondary N) is 2. The van der Waals surface area contributed by atoms with Crippen molar-refractivity contribution in [2.24, 2.45) is 0 Å². The number of fused-ring (bicyclic) bond motifs is 1. The van der Waals surface area contributed by atoms with Crippen LogP contribution in [0, 0.1) is 12.7 Å².